The zero-order valence-electron chi connectivity index (χ0n) is 61.9. The number of rotatable bonds is 18. The van der Waals surface area contributed by atoms with Crippen LogP contribution in [0.5, 0.6) is 69.0 Å². The lowest BCUT2D eigenvalue weighted by Gasteiger charge is -2.13. The van der Waals surface area contributed by atoms with Crippen molar-refractivity contribution in [2.75, 3.05) is 50.5 Å². The molecule has 34 heteroatoms. The third kappa shape index (κ3) is 22.9. The average Bonchev–Trinajstić information content (AvgIpc) is 0.975. The van der Waals surface area contributed by atoms with Crippen LogP contribution in [0, 0.1) is 0 Å². The van der Waals surface area contributed by atoms with E-state index in [1.165, 1.54) is 53.4 Å². The van der Waals surface area contributed by atoms with Crippen LogP contribution in [-0.2, 0) is 0 Å². The number of nitrogen functional groups attached to an aromatic ring is 2. The van der Waals surface area contributed by atoms with E-state index in [1.54, 1.807) is 183 Å². The van der Waals surface area contributed by atoms with E-state index in [-0.39, 0.29) is 39.5 Å². The first-order valence-electron chi connectivity index (χ1n) is 34.6. The minimum Gasteiger partial charge on any atom is -0.508 e. The lowest BCUT2D eigenvalue weighted by Crippen LogP contribution is -2.30. The molecule has 2 aliphatic rings. The Balaban J connectivity index is 0.000000158. The number of hydrogen-bond donors (Lipinski definition) is 11. The molecule has 0 radical (unpaired) electrons. The van der Waals surface area contributed by atoms with Gasteiger partial charge in [-0.05, 0) is 135 Å². The van der Waals surface area contributed by atoms with Gasteiger partial charge in [0.05, 0.1) is 121 Å². The molecule has 0 unspecified atom stereocenters. The first-order chi connectivity index (χ1) is 55.6. The van der Waals surface area contributed by atoms with Crippen LogP contribution >= 0.6 is 58.0 Å². The van der Waals surface area contributed by atoms with Crippen molar-refractivity contribution in [3.63, 3.8) is 0 Å². The van der Waals surface area contributed by atoms with Gasteiger partial charge >= 0.3 is 12.1 Å². The van der Waals surface area contributed by atoms with E-state index < -0.39 is 29.7 Å². The molecule has 0 atom stereocenters. The van der Waals surface area contributed by atoms with Gasteiger partial charge in [0.15, 0.2) is 0 Å². The number of nitrogens with zero attached hydrogens (tertiary/aromatic N) is 4. The Kier molecular flexibility index (Phi) is 28.7. The van der Waals surface area contributed by atoms with Crippen molar-refractivity contribution >= 4 is 160 Å². The van der Waals surface area contributed by atoms with Gasteiger partial charge in [0.25, 0.3) is 23.6 Å². The molecule has 0 spiro atoms. The molecule has 2 aliphatic carbocycles. The smallest absolute Gasteiger partial charge is 0.417 e. The van der Waals surface area contributed by atoms with Crippen LogP contribution in [0.15, 0.2) is 201 Å². The van der Waals surface area contributed by atoms with E-state index in [1.807, 2.05) is 6.07 Å². The zero-order valence-corrected chi connectivity index (χ0v) is 65.7. The topological polar surface area (TPSA) is 466 Å². The third-order valence-electron chi connectivity index (χ3n) is 16.6. The number of aromatic hydroxyl groups is 1. The number of fused-ring (bicyclic) bond motifs is 4. The maximum Gasteiger partial charge on any atom is 0.417 e. The Bertz CT molecular complexity index is 5850. The standard InChI is InChI=1S/C24H18ClN3O5.C21H19ClN4O4.C17H14ClN3O3.C11H9ClN2O2.C6H6ClNO.C3H7N/c1-31-22-13-20-16(12-17(22)23(26)29)21(9-10-27-20)32-15-7-8-19(18(25)11-15)28-24(30)33-14-5-3-2-4-6-14;1-29-19-10-17-13(9-14(19)20(23)27)18(6-7-24-17)30-12-4-5-16(15(22)8-12)26-21(28)25-11-2-3-11;1-23-16-8-14-10(7-11(16)17(20)22)15(4-5-21-14)24-9-2-3-13(19)12(18)6-9;1-16-10-5-9-6(4-7(10)11(13)15)8(12)2-3-14-9;7-5-3-4(9)1-2-6(5)8;4-3-1-2-3/h2-13H,1H3,(H2,26,29)(H,28,30);4-11H,2-3H2,1H3,(H2,23,27)(H2,25,26,28);2-8H,19H2,1H3,(H2,20,22);2-5H,1H3,(H2,13,15);1-3,9H,8H2;3H,1-2,4H2. The van der Waals surface area contributed by atoms with Crippen molar-refractivity contribution in [3.8, 4) is 69.0 Å². The highest BCUT2D eigenvalue weighted by atomic mass is 35.5. The summed E-state index contributed by atoms with van der Waals surface area (Å²) in [6.07, 6.45) is 10.2. The molecule has 15 rings (SSSR count). The predicted octanol–water partition coefficient (Wildman–Crippen LogP) is 16.6. The predicted molar refractivity (Wildman–Crippen MR) is 447 cm³/mol. The van der Waals surface area contributed by atoms with Gasteiger partial charge in [-0.1, -0.05) is 76.2 Å². The molecule has 18 N–H and O–H groups in total. The normalized spacial score (nSPS) is 11.6. The number of halogens is 5. The van der Waals surface area contributed by atoms with Crippen LogP contribution in [0.4, 0.5) is 32.3 Å². The number of carbonyl (C=O) groups excluding carboxylic acids is 6. The van der Waals surface area contributed by atoms with E-state index >= 15 is 0 Å². The monoisotopic (exact) mass is 1670 g/mol. The van der Waals surface area contributed by atoms with Crippen molar-refractivity contribution in [3.05, 3.63) is 248 Å². The van der Waals surface area contributed by atoms with Crippen molar-refractivity contribution in [2.45, 2.75) is 37.8 Å². The maximum atomic E-state index is 12.1. The number of aromatic nitrogens is 4. The molecule has 13 aromatic rings. The summed E-state index contributed by atoms with van der Waals surface area (Å²) in [4.78, 5) is 87.4. The van der Waals surface area contributed by atoms with E-state index in [4.69, 9.17) is 141 Å². The highest BCUT2D eigenvalue weighted by Crippen LogP contribution is 2.40. The molecule has 29 nitrogen and oxygen atoms in total. The minimum atomic E-state index is -0.676. The average molecular weight is 1670 g/mol. The third-order valence-corrected chi connectivity index (χ3v) is 18.2. The molecule has 7 amide bonds. The highest BCUT2D eigenvalue weighted by Gasteiger charge is 2.25. The fourth-order valence-corrected chi connectivity index (χ4v) is 11.5. The van der Waals surface area contributed by atoms with Crippen LogP contribution < -0.4 is 94.0 Å². The molecule has 2 fully saturated rings. The van der Waals surface area contributed by atoms with Crippen LogP contribution in [-0.4, -0.2) is 101 Å². The summed E-state index contributed by atoms with van der Waals surface area (Å²) < 4.78 is 43.7. The number of anilines is 4. The highest BCUT2D eigenvalue weighted by molar-refractivity contribution is 6.36. The number of nitrogens with two attached hydrogens (primary N) is 7. The second-order valence-electron chi connectivity index (χ2n) is 25.0. The summed E-state index contributed by atoms with van der Waals surface area (Å²) in [7, 11) is 5.83. The molecule has 2 saturated carbocycles. The Morgan fingerprint density at radius 3 is 1.09 bits per heavy atom. The van der Waals surface area contributed by atoms with Crippen molar-refractivity contribution < 1.29 is 71.8 Å². The largest absolute Gasteiger partial charge is 0.508 e. The Morgan fingerprint density at radius 1 is 0.388 bits per heavy atom. The van der Waals surface area contributed by atoms with Crippen molar-refractivity contribution in [1.29, 1.82) is 0 Å². The molecule has 4 heterocycles. The fraction of sp³-hybridized carbons (Fsp3) is 0.122. The van der Waals surface area contributed by atoms with Gasteiger partial charge in [0.1, 0.15) is 69.0 Å². The van der Waals surface area contributed by atoms with Gasteiger partial charge in [-0.2, -0.15) is 0 Å². The zero-order chi connectivity index (χ0) is 83.4. The number of urea groups is 1. The van der Waals surface area contributed by atoms with Crippen LogP contribution in [0.25, 0.3) is 43.6 Å². The summed E-state index contributed by atoms with van der Waals surface area (Å²) in [5.74, 6) is 2.32. The molecular formula is C82H73Cl5N14O15. The van der Waals surface area contributed by atoms with Gasteiger partial charge in [-0.25, -0.2) is 9.59 Å². The number of nitrogens with one attached hydrogen (secondary N) is 3. The van der Waals surface area contributed by atoms with Crippen LogP contribution in [0.3, 0.4) is 0 Å². The van der Waals surface area contributed by atoms with Gasteiger partial charge in [-0.15, -0.1) is 0 Å². The molecule has 116 heavy (non-hydrogen) atoms. The van der Waals surface area contributed by atoms with Crippen LogP contribution in [0.2, 0.25) is 25.1 Å². The van der Waals surface area contributed by atoms with Crippen molar-refractivity contribution in [1.82, 2.24) is 25.3 Å². The number of carbonyl (C=O) groups is 6. The van der Waals surface area contributed by atoms with Gasteiger partial charge in [-0.3, -0.25) is 44.4 Å². The second-order valence-corrected chi connectivity index (χ2v) is 27.0. The SMILES string of the molecule is COc1cc2nccc(Cl)c2cc1C(N)=O.COc1cc2nccc(Oc3ccc(N)c(Cl)c3)c2cc1C(N)=O.COc1cc2nccc(Oc3ccc(NC(=O)NC4CC4)c(Cl)c3)c2cc1C(N)=O.COc1cc2nccc(Oc3ccc(NC(=O)Oc4ccccc4)c(Cl)c3)c2cc1C(N)=O.NC1CC1.Nc1ccc(O)cc1Cl. The lowest BCUT2D eigenvalue weighted by molar-refractivity contribution is 0.0989. The quantitative estimate of drug-likeness (QED) is 0.0281. The number of ether oxygens (including phenoxy) is 8. The maximum absolute atomic E-state index is 12.1. The summed E-state index contributed by atoms with van der Waals surface area (Å²) in [5, 5.41) is 21.3. The fourth-order valence-electron chi connectivity index (χ4n) is 10.5. The van der Waals surface area contributed by atoms with Gasteiger partial charge in [0, 0.05) is 107 Å². The lowest BCUT2D eigenvalue weighted by atomic mass is 10.1. The summed E-state index contributed by atoms with van der Waals surface area (Å²) >= 11 is 30.2. The number of amides is 7. The number of benzene rings is 9. The number of hydrogen-bond acceptors (Lipinski definition) is 22. The van der Waals surface area contributed by atoms with E-state index in [9.17, 15) is 28.8 Å². The first-order valence-corrected chi connectivity index (χ1v) is 36.5. The number of phenolic OH excluding ortho intramolecular Hbond substituents is 1. The first kappa shape index (κ1) is 84.9. The minimum absolute atomic E-state index is 0.134. The molecule has 9 aromatic carbocycles. The molecule has 0 bridgehead atoms. The number of phenols is 1. The van der Waals surface area contributed by atoms with Gasteiger partial charge < -0.3 is 93.8 Å². The number of methoxy groups -OCH3 is 4. The summed E-state index contributed by atoms with van der Waals surface area (Å²) in [6.45, 7) is 0. The summed E-state index contributed by atoms with van der Waals surface area (Å²) in [5.41, 5.74) is 43.0. The second kappa shape index (κ2) is 39.3. The molecule has 0 saturated heterocycles. The van der Waals surface area contributed by atoms with E-state index in [0.29, 0.717) is 161 Å². The number of para-hydroxylation sites is 1. The Morgan fingerprint density at radius 2 is 0.741 bits per heavy atom. The van der Waals surface area contributed by atoms with Crippen molar-refractivity contribution in [2.24, 2.45) is 28.7 Å². The Labute approximate surface area is 687 Å². The van der Waals surface area contributed by atoms with Gasteiger partial charge in [0.2, 0.25) is 0 Å². The molecule has 4 aromatic heterocycles. The van der Waals surface area contributed by atoms with Crippen LogP contribution in [0.1, 0.15) is 67.1 Å². The van der Waals surface area contributed by atoms with E-state index in [0.717, 1.165) is 12.8 Å². The molecule has 0 aliphatic heterocycles. The molecule has 596 valence electrons. The number of pyridine rings is 4. The van der Waals surface area contributed by atoms with E-state index in [2.05, 4.69) is 35.9 Å². The summed E-state index contributed by atoms with van der Waals surface area (Å²) in [6, 6.07) is 47.8. The number of primary amides is 4. The Hall–Kier alpha value is -13.6. The molecular weight excluding hydrogens is 1600 g/mol.